The number of amides is 1. The summed E-state index contributed by atoms with van der Waals surface area (Å²) in [6.45, 7) is 8.27. The van der Waals surface area contributed by atoms with Gasteiger partial charge in [0, 0.05) is 55.7 Å². The van der Waals surface area contributed by atoms with Gasteiger partial charge in [0.05, 0.1) is 16.4 Å². The van der Waals surface area contributed by atoms with Crippen molar-refractivity contribution in [2.45, 2.75) is 24.8 Å². The van der Waals surface area contributed by atoms with E-state index in [0.29, 0.717) is 23.8 Å². The number of rotatable bonds is 9. The summed E-state index contributed by atoms with van der Waals surface area (Å²) in [5.41, 5.74) is 4.86. The highest BCUT2D eigenvalue weighted by Gasteiger charge is 2.21. The van der Waals surface area contributed by atoms with Crippen LogP contribution in [0.15, 0.2) is 90.1 Å². The van der Waals surface area contributed by atoms with Gasteiger partial charge in [-0.3, -0.25) is 4.79 Å². The number of thioether (sulfide) groups is 1. The number of hydrogen-bond acceptors (Lipinski definition) is 6. The lowest BCUT2D eigenvalue weighted by molar-refractivity contribution is 0.0949. The number of anilines is 2. The van der Waals surface area contributed by atoms with Gasteiger partial charge in [-0.1, -0.05) is 91.8 Å². The van der Waals surface area contributed by atoms with Crippen LogP contribution in [0, 0.1) is 5.92 Å². The first-order chi connectivity index (χ1) is 19.5. The minimum atomic E-state index is -0.0360. The predicted molar refractivity (Wildman–Crippen MR) is 167 cm³/mol. The van der Waals surface area contributed by atoms with Crippen LogP contribution in [-0.4, -0.2) is 48.6 Å². The first-order valence-corrected chi connectivity index (χ1v) is 15.0. The quantitative estimate of drug-likeness (QED) is 0.176. The molecule has 1 aliphatic rings. The summed E-state index contributed by atoms with van der Waals surface area (Å²) in [7, 11) is 0. The molecule has 0 bridgehead atoms. The Balaban J connectivity index is 1.30. The lowest BCUT2D eigenvalue weighted by Crippen LogP contribution is -2.47. The molecule has 1 fully saturated rings. The van der Waals surface area contributed by atoms with Gasteiger partial charge in [-0.05, 0) is 35.7 Å². The van der Waals surface area contributed by atoms with Gasteiger partial charge in [0.15, 0.2) is 5.16 Å². The fourth-order valence-corrected chi connectivity index (χ4v) is 5.64. The minimum Gasteiger partial charge on any atom is -0.367 e. The lowest BCUT2D eigenvalue weighted by Gasteiger charge is -2.37. The molecule has 6 nitrogen and oxygen atoms in total. The molecule has 5 rings (SSSR count). The molecular formula is C32H34ClN5OS. The van der Waals surface area contributed by atoms with E-state index in [9.17, 15) is 4.79 Å². The highest BCUT2D eigenvalue weighted by atomic mass is 35.5. The molecule has 3 aromatic carbocycles. The van der Waals surface area contributed by atoms with Gasteiger partial charge >= 0.3 is 0 Å². The van der Waals surface area contributed by atoms with Crippen LogP contribution >= 0.6 is 23.4 Å². The number of benzene rings is 3. The number of halogens is 1. The summed E-state index contributed by atoms with van der Waals surface area (Å²) in [5.74, 6) is 2.03. The molecular weight excluding hydrogens is 538 g/mol. The van der Waals surface area contributed by atoms with E-state index < -0.39 is 0 Å². The Hall–Kier alpha value is -3.55. The van der Waals surface area contributed by atoms with E-state index in [2.05, 4.69) is 53.2 Å². The third-order valence-corrected chi connectivity index (χ3v) is 8.05. The molecule has 0 aliphatic carbocycles. The van der Waals surface area contributed by atoms with Gasteiger partial charge in [0.25, 0.3) is 5.91 Å². The molecule has 1 amide bonds. The first kappa shape index (κ1) is 28.0. The number of carbonyl (C=O) groups is 1. The van der Waals surface area contributed by atoms with Crippen molar-refractivity contribution in [3.63, 3.8) is 0 Å². The Morgan fingerprint density at radius 1 is 0.900 bits per heavy atom. The monoisotopic (exact) mass is 571 g/mol. The molecule has 0 unspecified atom stereocenters. The Bertz CT molecular complexity index is 1420. The Kier molecular flexibility index (Phi) is 9.24. The Labute approximate surface area is 245 Å². The van der Waals surface area contributed by atoms with E-state index in [1.165, 1.54) is 0 Å². The summed E-state index contributed by atoms with van der Waals surface area (Å²) in [6.07, 6.45) is 0. The topological polar surface area (TPSA) is 61.4 Å². The second-order valence-corrected chi connectivity index (χ2v) is 11.6. The fourth-order valence-electron chi connectivity index (χ4n) is 4.58. The molecule has 206 valence electrons. The number of aromatic nitrogens is 2. The summed E-state index contributed by atoms with van der Waals surface area (Å²) in [5, 5.41) is 4.50. The predicted octanol–water partition coefficient (Wildman–Crippen LogP) is 6.80. The molecule has 1 saturated heterocycles. The van der Waals surface area contributed by atoms with E-state index in [0.717, 1.165) is 64.7 Å². The van der Waals surface area contributed by atoms with Crippen LogP contribution in [0.25, 0.3) is 11.3 Å². The molecule has 0 saturated carbocycles. The summed E-state index contributed by atoms with van der Waals surface area (Å²) in [4.78, 5) is 26.9. The number of nitrogens with zero attached hydrogens (tertiary/aromatic N) is 4. The van der Waals surface area contributed by atoms with Crippen LogP contribution in [-0.2, 0) is 5.75 Å². The van der Waals surface area contributed by atoms with Crippen LogP contribution in [0.1, 0.15) is 29.8 Å². The molecule has 40 heavy (non-hydrogen) atoms. The molecule has 1 aliphatic heterocycles. The van der Waals surface area contributed by atoms with Crippen molar-refractivity contribution in [3.05, 3.63) is 101 Å². The third-order valence-electron chi connectivity index (χ3n) is 6.81. The molecule has 2 heterocycles. The number of hydrogen-bond donors (Lipinski definition) is 1. The minimum absolute atomic E-state index is 0.0360. The van der Waals surface area contributed by atoms with E-state index in [4.69, 9.17) is 21.6 Å². The molecule has 4 aromatic rings. The van der Waals surface area contributed by atoms with E-state index in [1.807, 2.05) is 60.7 Å². The van der Waals surface area contributed by atoms with Gasteiger partial charge < -0.3 is 15.1 Å². The normalized spacial score (nSPS) is 13.5. The molecule has 0 atom stereocenters. The van der Waals surface area contributed by atoms with Crippen LogP contribution in [0.5, 0.6) is 0 Å². The van der Waals surface area contributed by atoms with Crippen molar-refractivity contribution in [1.82, 2.24) is 15.3 Å². The van der Waals surface area contributed by atoms with Crippen LogP contribution in [0.2, 0.25) is 5.02 Å². The van der Waals surface area contributed by atoms with Crippen LogP contribution in [0.3, 0.4) is 0 Å². The Morgan fingerprint density at radius 3 is 2.27 bits per heavy atom. The largest absolute Gasteiger partial charge is 0.367 e. The zero-order chi connectivity index (χ0) is 27.9. The zero-order valence-electron chi connectivity index (χ0n) is 22.9. The van der Waals surface area contributed by atoms with Crippen molar-refractivity contribution in [3.8, 4) is 11.3 Å². The average Bonchev–Trinajstić information content (AvgIpc) is 3.00. The van der Waals surface area contributed by atoms with Gasteiger partial charge in [-0.2, -0.15) is 0 Å². The van der Waals surface area contributed by atoms with E-state index in [1.54, 1.807) is 11.8 Å². The second kappa shape index (κ2) is 13.2. The highest BCUT2D eigenvalue weighted by molar-refractivity contribution is 7.98. The maximum atomic E-state index is 12.4. The Morgan fingerprint density at radius 2 is 1.57 bits per heavy atom. The van der Waals surface area contributed by atoms with Gasteiger partial charge in [0.2, 0.25) is 0 Å². The van der Waals surface area contributed by atoms with Crippen molar-refractivity contribution in [1.29, 1.82) is 0 Å². The lowest BCUT2D eigenvalue weighted by atomic mass is 10.1. The zero-order valence-corrected chi connectivity index (χ0v) is 24.5. The molecule has 1 N–H and O–H groups in total. The second-order valence-electron chi connectivity index (χ2n) is 10.3. The number of nitrogens with one attached hydrogen (secondary N) is 1. The molecule has 0 radical (unpaired) electrons. The maximum Gasteiger partial charge on any atom is 0.251 e. The van der Waals surface area contributed by atoms with Crippen molar-refractivity contribution in [2.75, 3.05) is 42.5 Å². The molecule has 0 spiro atoms. The maximum absolute atomic E-state index is 12.4. The first-order valence-electron chi connectivity index (χ1n) is 13.6. The summed E-state index contributed by atoms with van der Waals surface area (Å²) in [6, 6.07) is 28.1. The number of para-hydroxylation sites is 1. The van der Waals surface area contributed by atoms with Gasteiger partial charge in [0.1, 0.15) is 5.82 Å². The van der Waals surface area contributed by atoms with Crippen molar-refractivity contribution >= 4 is 40.8 Å². The average molecular weight is 572 g/mol. The SMILES string of the molecule is CC(C)CNC(=O)c1ccc(CSc2nc(-c3ccccc3)cc(N3CCN(c4ccccc4Cl)CC3)n2)cc1. The van der Waals surface area contributed by atoms with E-state index in [-0.39, 0.29) is 5.91 Å². The summed E-state index contributed by atoms with van der Waals surface area (Å²) >= 11 is 8.07. The van der Waals surface area contributed by atoms with Gasteiger partial charge in [-0.15, -0.1) is 0 Å². The van der Waals surface area contributed by atoms with Crippen LogP contribution < -0.4 is 15.1 Å². The smallest absolute Gasteiger partial charge is 0.251 e. The highest BCUT2D eigenvalue weighted by Crippen LogP contribution is 2.30. The number of carbonyl (C=O) groups excluding carboxylic acids is 1. The number of piperazine rings is 1. The van der Waals surface area contributed by atoms with Crippen LogP contribution in [0.4, 0.5) is 11.5 Å². The molecule has 8 heteroatoms. The van der Waals surface area contributed by atoms with Crippen molar-refractivity contribution in [2.24, 2.45) is 5.92 Å². The van der Waals surface area contributed by atoms with Gasteiger partial charge in [-0.25, -0.2) is 9.97 Å². The standard InChI is InChI=1S/C32H34ClN5OS/c1-23(2)21-34-31(39)26-14-12-24(13-15-26)22-40-32-35-28(25-8-4-3-5-9-25)20-30(36-32)38-18-16-37(17-19-38)29-11-7-6-10-27(29)33/h3-15,20,23H,16-19,21-22H2,1-2H3,(H,34,39). The van der Waals surface area contributed by atoms with E-state index >= 15 is 0 Å². The van der Waals surface area contributed by atoms with Crippen molar-refractivity contribution < 1.29 is 4.79 Å². The third kappa shape index (κ3) is 7.14. The molecule has 1 aromatic heterocycles. The summed E-state index contributed by atoms with van der Waals surface area (Å²) < 4.78 is 0. The fraction of sp³-hybridized carbons (Fsp3) is 0.281.